The molecule has 0 bridgehead atoms. The second kappa shape index (κ2) is 9.79. The molecular formula is C17H19ClN2O3S2. The molecule has 1 aromatic carbocycles. The third-order valence-corrected chi connectivity index (χ3v) is 5.56. The summed E-state index contributed by atoms with van der Waals surface area (Å²) < 4.78 is 5.65. The standard InChI is InChI=1S/C17H19ClN2O3S2/c1-3-23-16(22)8-14-9-24-17(20-14)25-10-15(21)19-11(2)12-4-6-13(18)7-5-12/h4-7,9,11H,3,8,10H2,1-2H3,(H,19,21)/t11-/m1/s1. The molecular weight excluding hydrogens is 380 g/mol. The lowest BCUT2D eigenvalue weighted by Crippen LogP contribution is -2.28. The van der Waals surface area contributed by atoms with Crippen molar-refractivity contribution < 1.29 is 14.3 Å². The fraction of sp³-hybridized carbons (Fsp3) is 0.353. The van der Waals surface area contributed by atoms with Crippen LogP contribution >= 0.6 is 34.7 Å². The summed E-state index contributed by atoms with van der Waals surface area (Å²) in [5.41, 5.74) is 1.66. The van der Waals surface area contributed by atoms with Crippen LogP contribution < -0.4 is 5.32 Å². The Bertz CT molecular complexity index is 719. The first-order chi connectivity index (χ1) is 12.0. The zero-order chi connectivity index (χ0) is 18.2. The van der Waals surface area contributed by atoms with Gasteiger partial charge in [-0.2, -0.15) is 0 Å². The zero-order valence-electron chi connectivity index (χ0n) is 14.0. The molecule has 1 N–H and O–H groups in total. The number of thioether (sulfide) groups is 1. The number of thiazole rings is 1. The lowest BCUT2D eigenvalue weighted by molar-refractivity contribution is -0.142. The van der Waals surface area contributed by atoms with Gasteiger partial charge < -0.3 is 10.1 Å². The topological polar surface area (TPSA) is 68.3 Å². The minimum absolute atomic E-state index is 0.0745. The van der Waals surface area contributed by atoms with Gasteiger partial charge in [-0.25, -0.2) is 4.98 Å². The van der Waals surface area contributed by atoms with Crippen molar-refractivity contribution in [2.45, 2.75) is 30.6 Å². The smallest absolute Gasteiger partial charge is 0.311 e. The first kappa shape index (κ1) is 19.8. The lowest BCUT2D eigenvalue weighted by atomic mass is 10.1. The van der Waals surface area contributed by atoms with Crippen LogP contribution in [0.5, 0.6) is 0 Å². The van der Waals surface area contributed by atoms with E-state index in [0.717, 1.165) is 9.90 Å². The van der Waals surface area contributed by atoms with E-state index in [1.165, 1.54) is 23.1 Å². The van der Waals surface area contributed by atoms with Gasteiger partial charge in [0, 0.05) is 10.4 Å². The van der Waals surface area contributed by atoms with E-state index in [0.29, 0.717) is 17.3 Å². The summed E-state index contributed by atoms with van der Waals surface area (Å²) in [7, 11) is 0. The number of hydrogen-bond donors (Lipinski definition) is 1. The van der Waals surface area contributed by atoms with Crippen LogP contribution in [0, 0.1) is 0 Å². The molecule has 2 rings (SSSR count). The zero-order valence-corrected chi connectivity index (χ0v) is 16.3. The van der Waals surface area contributed by atoms with Gasteiger partial charge in [-0.1, -0.05) is 35.5 Å². The Morgan fingerprint density at radius 2 is 2.08 bits per heavy atom. The van der Waals surface area contributed by atoms with Crippen LogP contribution in [0.2, 0.25) is 5.02 Å². The summed E-state index contributed by atoms with van der Waals surface area (Å²) in [4.78, 5) is 27.8. The summed E-state index contributed by atoms with van der Waals surface area (Å²) in [6.45, 7) is 4.05. The maximum atomic E-state index is 12.1. The number of carbonyl (C=O) groups is 2. The third kappa shape index (κ3) is 6.68. The molecule has 1 heterocycles. The number of nitrogens with one attached hydrogen (secondary N) is 1. The number of esters is 1. The molecule has 1 amide bonds. The molecule has 134 valence electrons. The highest BCUT2D eigenvalue weighted by atomic mass is 35.5. The molecule has 0 radical (unpaired) electrons. The van der Waals surface area contributed by atoms with Crippen LogP contribution in [0.25, 0.3) is 0 Å². The van der Waals surface area contributed by atoms with Crippen molar-refractivity contribution >= 4 is 46.6 Å². The largest absolute Gasteiger partial charge is 0.466 e. The van der Waals surface area contributed by atoms with Crippen molar-refractivity contribution in [3.05, 3.63) is 45.9 Å². The molecule has 0 aliphatic heterocycles. The van der Waals surface area contributed by atoms with Crippen LogP contribution in [0.15, 0.2) is 34.0 Å². The molecule has 25 heavy (non-hydrogen) atoms. The van der Waals surface area contributed by atoms with Gasteiger partial charge in [0.1, 0.15) is 0 Å². The predicted molar refractivity (Wildman–Crippen MR) is 101 cm³/mol. The average Bonchev–Trinajstić information content (AvgIpc) is 3.01. The monoisotopic (exact) mass is 398 g/mol. The number of ether oxygens (including phenoxy) is 1. The highest BCUT2D eigenvalue weighted by Crippen LogP contribution is 2.23. The number of hydrogen-bond acceptors (Lipinski definition) is 6. The Kier molecular flexibility index (Phi) is 7.74. The molecule has 0 aliphatic carbocycles. The van der Waals surface area contributed by atoms with Gasteiger partial charge in [0.2, 0.25) is 5.91 Å². The fourth-order valence-electron chi connectivity index (χ4n) is 2.04. The van der Waals surface area contributed by atoms with Crippen molar-refractivity contribution in [2.75, 3.05) is 12.4 Å². The summed E-state index contributed by atoms with van der Waals surface area (Å²) in [5.74, 6) is -0.0990. The quantitative estimate of drug-likeness (QED) is 0.540. The van der Waals surface area contributed by atoms with E-state index >= 15 is 0 Å². The van der Waals surface area contributed by atoms with E-state index in [4.69, 9.17) is 16.3 Å². The molecule has 0 saturated carbocycles. The summed E-state index contributed by atoms with van der Waals surface area (Å²) in [6, 6.07) is 7.29. The Hall–Kier alpha value is -1.57. The summed E-state index contributed by atoms with van der Waals surface area (Å²) in [5, 5.41) is 5.42. The SMILES string of the molecule is CCOC(=O)Cc1csc(SCC(=O)N[C@H](C)c2ccc(Cl)cc2)n1. The van der Waals surface area contributed by atoms with Gasteiger partial charge in [-0.15, -0.1) is 11.3 Å². The van der Waals surface area contributed by atoms with Gasteiger partial charge >= 0.3 is 5.97 Å². The number of halogens is 1. The molecule has 8 heteroatoms. The first-order valence-electron chi connectivity index (χ1n) is 7.75. The van der Waals surface area contributed by atoms with Crippen molar-refractivity contribution in [1.29, 1.82) is 0 Å². The average molecular weight is 399 g/mol. The van der Waals surface area contributed by atoms with Gasteiger partial charge in [0.05, 0.1) is 30.5 Å². The van der Waals surface area contributed by atoms with Crippen LogP contribution in [0.4, 0.5) is 0 Å². The Labute approximate surface area is 160 Å². The van der Waals surface area contributed by atoms with E-state index in [9.17, 15) is 9.59 Å². The number of rotatable bonds is 8. The lowest BCUT2D eigenvalue weighted by Gasteiger charge is -2.14. The van der Waals surface area contributed by atoms with E-state index in [-0.39, 0.29) is 30.1 Å². The van der Waals surface area contributed by atoms with Crippen LogP contribution in [0.3, 0.4) is 0 Å². The summed E-state index contributed by atoms with van der Waals surface area (Å²) in [6.07, 6.45) is 0.157. The Balaban J connectivity index is 1.79. The maximum Gasteiger partial charge on any atom is 0.311 e. The second-order valence-electron chi connectivity index (χ2n) is 5.22. The first-order valence-corrected chi connectivity index (χ1v) is 10.00. The van der Waals surface area contributed by atoms with Gasteiger partial charge in [0.15, 0.2) is 4.34 Å². The fourth-order valence-corrected chi connectivity index (χ4v) is 3.82. The molecule has 0 fully saturated rings. The van der Waals surface area contributed by atoms with E-state index in [1.54, 1.807) is 19.1 Å². The highest BCUT2D eigenvalue weighted by molar-refractivity contribution is 8.01. The molecule has 0 aliphatic rings. The number of aromatic nitrogens is 1. The number of amides is 1. The van der Waals surface area contributed by atoms with Crippen molar-refractivity contribution in [3.8, 4) is 0 Å². The Morgan fingerprint density at radius 1 is 1.36 bits per heavy atom. The van der Waals surface area contributed by atoms with Gasteiger partial charge in [-0.3, -0.25) is 9.59 Å². The van der Waals surface area contributed by atoms with Gasteiger partial charge in [0.25, 0.3) is 0 Å². The normalized spacial score (nSPS) is 11.8. The van der Waals surface area contributed by atoms with Crippen molar-refractivity contribution in [3.63, 3.8) is 0 Å². The highest BCUT2D eigenvalue weighted by Gasteiger charge is 2.12. The molecule has 1 aromatic heterocycles. The van der Waals surface area contributed by atoms with Crippen LogP contribution in [-0.2, 0) is 20.7 Å². The Morgan fingerprint density at radius 3 is 2.76 bits per heavy atom. The predicted octanol–water partition coefficient (Wildman–Crippen LogP) is 3.87. The van der Waals surface area contributed by atoms with Gasteiger partial charge in [-0.05, 0) is 31.5 Å². The second-order valence-corrected chi connectivity index (χ2v) is 7.73. The number of nitrogens with zero attached hydrogens (tertiary/aromatic N) is 1. The minimum atomic E-state index is -0.293. The van der Waals surface area contributed by atoms with Crippen molar-refractivity contribution in [2.24, 2.45) is 0 Å². The van der Waals surface area contributed by atoms with E-state index < -0.39 is 0 Å². The minimum Gasteiger partial charge on any atom is -0.466 e. The van der Waals surface area contributed by atoms with E-state index in [1.807, 2.05) is 24.4 Å². The van der Waals surface area contributed by atoms with Crippen LogP contribution in [0.1, 0.15) is 31.1 Å². The number of carbonyl (C=O) groups excluding carboxylic acids is 2. The molecule has 2 aromatic rings. The maximum absolute atomic E-state index is 12.1. The molecule has 1 atom stereocenters. The molecule has 0 unspecified atom stereocenters. The van der Waals surface area contributed by atoms with Crippen LogP contribution in [-0.4, -0.2) is 29.2 Å². The molecule has 0 spiro atoms. The molecule has 0 saturated heterocycles. The molecule has 5 nitrogen and oxygen atoms in total. The third-order valence-electron chi connectivity index (χ3n) is 3.24. The van der Waals surface area contributed by atoms with E-state index in [2.05, 4.69) is 10.3 Å². The summed E-state index contributed by atoms with van der Waals surface area (Å²) >= 11 is 8.63. The number of benzene rings is 1. The van der Waals surface area contributed by atoms with Crippen molar-refractivity contribution in [1.82, 2.24) is 10.3 Å².